The number of phenolic OH excluding ortho intramolecular Hbond substituents is 1. The van der Waals surface area contributed by atoms with Crippen LogP contribution < -0.4 is 4.74 Å². The summed E-state index contributed by atoms with van der Waals surface area (Å²) >= 11 is 0. The van der Waals surface area contributed by atoms with E-state index in [1.807, 2.05) is 73.7 Å². The molecule has 0 fully saturated rings. The Kier molecular flexibility index (Phi) is 4.10. The molecule has 0 aliphatic heterocycles. The molecule has 0 radical (unpaired) electrons. The van der Waals surface area contributed by atoms with Crippen molar-refractivity contribution < 1.29 is 9.84 Å². The van der Waals surface area contributed by atoms with Crippen molar-refractivity contribution in [2.24, 2.45) is 0 Å². The summed E-state index contributed by atoms with van der Waals surface area (Å²) in [5, 5.41) is 9.63. The Morgan fingerprint density at radius 2 is 1.59 bits per heavy atom. The highest BCUT2D eigenvalue weighted by Crippen LogP contribution is 2.28. The quantitative estimate of drug-likeness (QED) is 0.737. The Morgan fingerprint density at radius 1 is 0.818 bits per heavy atom. The van der Waals surface area contributed by atoms with Crippen LogP contribution in [0.3, 0.4) is 0 Å². The molecule has 110 valence electrons. The molecule has 0 aromatic heterocycles. The zero-order valence-corrected chi connectivity index (χ0v) is 12.5. The molecule has 0 amide bonds. The number of phenols is 1. The van der Waals surface area contributed by atoms with Crippen molar-refractivity contribution in [2.45, 2.75) is 13.5 Å². The normalized spacial score (nSPS) is 10.4. The zero-order valence-electron chi connectivity index (χ0n) is 12.5. The third-order valence-corrected chi connectivity index (χ3v) is 3.61. The molecule has 0 heterocycles. The lowest BCUT2D eigenvalue weighted by atomic mass is 10.0. The lowest BCUT2D eigenvalue weighted by Crippen LogP contribution is -1.95. The lowest BCUT2D eigenvalue weighted by Gasteiger charge is -2.09. The second-order valence-electron chi connectivity index (χ2n) is 5.30. The molecule has 0 bridgehead atoms. The van der Waals surface area contributed by atoms with E-state index in [9.17, 15) is 5.11 Å². The molecule has 0 atom stereocenters. The summed E-state index contributed by atoms with van der Waals surface area (Å²) in [6.45, 7) is 2.45. The molecule has 0 aliphatic rings. The van der Waals surface area contributed by atoms with Gasteiger partial charge < -0.3 is 9.84 Å². The highest BCUT2D eigenvalue weighted by Gasteiger charge is 2.03. The van der Waals surface area contributed by atoms with Gasteiger partial charge in [0, 0.05) is 0 Å². The van der Waals surface area contributed by atoms with E-state index in [1.165, 1.54) is 0 Å². The van der Waals surface area contributed by atoms with Gasteiger partial charge in [-0.05, 0) is 53.4 Å². The largest absolute Gasteiger partial charge is 0.508 e. The van der Waals surface area contributed by atoms with Gasteiger partial charge in [0.2, 0.25) is 0 Å². The first kappa shape index (κ1) is 14.2. The van der Waals surface area contributed by atoms with Gasteiger partial charge in [0.15, 0.2) is 0 Å². The van der Waals surface area contributed by atoms with Crippen LogP contribution in [0.15, 0.2) is 72.8 Å². The van der Waals surface area contributed by atoms with Gasteiger partial charge in [0.25, 0.3) is 0 Å². The fraction of sp³-hybridized carbons (Fsp3) is 0.100. The van der Waals surface area contributed by atoms with Crippen molar-refractivity contribution in [2.75, 3.05) is 0 Å². The molecule has 3 aromatic carbocycles. The highest BCUT2D eigenvalue weighted by molar-refractivity contribution is 5.67. The van der Waals surface area contributed by atoms with Crippen molar-refractivity contribution in [1.29, 1.82) is 0 Å². The molecule has 0 unspecified atom stereocenters. The monoisotopic (exact) mass is 290 g/mol. The van der Waals surface area contributed by atoms with Gasteiger partial charge in [-0.25, -0.2) is 0 Å². The van der Waals surface area contributed by atoms with Gasteiger partial charge in [-0.1, -0.05) is 48.5 Å². The second-order valence-corrected chi connectivity index (χ2v) is 5.30. The summed E-state index contributed by atoms with van der Waals surface area (Å²) in [6.07, 6.45) is 0. The number of rotatable bonds is 4. The summed E-state index contributed by atoms with van der Waals surface area (Å²) in [6, 6.07) is 23.7. The minimum atomic E-state index is 0.320. The van der Waals surface area contributed by atoms with Crippen LogP contribution in [-0.4, -0.2) is 5.11 Å². The number of aromatic hydroxyl groups is 1. The number of hydrogen-bond donors (Lipinski definition) is 1. The Bertz CT molecular complexity index is 764. The topological polar surface area (TPSA) is 29.5 Å². The third-order valence-electron chi connectivity index (χ3n) is 3.61. The molecular weight excluding hydrogens is 272 g/mol. The number of ether oxygens (including phenoxy) is 1. The highest BCUT2D eigenvalue weighted by atomic mass is 16.5. The van der Waals surface area contributed by atoms with E-state index in [1.54, 1.807) is 6.07 Å². The predicted molar refractivity (Wildman–Crippen MR) is 89.1 cm³/mol. The molecule has 3 rings (SSSR count). The third kappa shape index (κ3) is 3.29. The Balaban J connectivity index is 1.79. The minimum Gasteiger partial charge on any atom is -0.508 e. The van der Waals surface area contributed by atoms with Gasteiger partial charge >= 0.3 is 0 Å². The summed E-state index contributed by atoms with van der Waals surface area (Å²) in [7, 11) is 0. The summed E-state index contributed by atoms with van der Waals surface area (Å²) in [4.78, 5) is 0. The van der Waals surface area contributed by atoms with Crippen molar-refractivity contribution in [1.82, 2.24) is 0 Å². The van der Waals surface area contributed by atoms with Gasteiger partial charge in [0.1, 0.15) is 18.1 Å². The molecule has 3 aromatic rings. The standard InChI is InChI=1S/C20H18O2/c1-15-12-18(10-11-20(15)21)17-8-5-9-19(13-17)22-14-16-6-3-2-4-7-16/h2-13,21H,14H2,1H3. The number of benzene rings is 3. The first-order chi connectivity index (χ1) is 10.7. The molecule has 2 heteroatoms. The molecule has 0 aliphatic carbocycles. The van der Waals surface area contributed by atoms with Crippen LogP contribution in [0.5, 0.6) is 11.5 Å². The first-order valence-electron chi connectivity index (χ1n) is 7.29. The number of hydrogen-bond acceptors (Lipinski definition) is 2. The molecule has 0 spiro atoms. The first-order valence-corrected chi connectivity index (χ1v) is 7.29. The SMILES string of the molecule is Cc1cc(-c2cccc(OCc3ccccc3)c2)ccc1O. The Morgan fingerprint density at radius 3 is 2.36 bits per heavy atom. The molecule has 0 saturated heterocycles. The smallest absolute Gasteiger partial charge is 0.120 e. The van der Waals surface area contributed by atoms with Crippen LogP contribution in [0, 0.1) is 6.92 Å². The van der Waals surface area contributed by atoms with Crippen LogP contribution in [0.4, 0.5) is 0 Å². The molecule has 2 nitrogen and oxygen atoms in total. The zero-order chi connectivity index (χ0) is 15.4. The molecular formula is C20H18O2. The molecule has 0 saturated carbocycles. The maximum absolute atomic E-state index is 9.63. The van der Waals surface area contributed by atoms with Crippen LogP contribution in [-0.2, 0) is 6.61 Å². The van der Waals surface area contributed by atoms with E-state index in [-0.39, 0.29) is 0 Å². The average molecular weight is 290 g/mol. The van der Waals surface area contributed by atoms with E-state index in [0.717, 1.165) is 28.0 Å². The lowest BCUT2D eigenvalue weighted by molar-refractivity contribution is 0.306. The maximum atomic E-state index is 9.63. The maximum Gasteiger partial charge on any atom is 0.120 e. The van der Waals surface area contributed by atoms with Gasteiger partial charge in [0.05, 0.1) is 0 Å². The van der Waals surface area contributed by atoms with E-state index in [0.29, 0.717) is 12.4 Å². The fourth-order valence-corrected chi connectivity index (χ4v) is 2.34. The van der Waals surface area contributed by atoms with Crippen LogP contribution in [0.2, 0.25) is 0 Å². The molecule has 22 heavy (non-hydrogen) atoms. The van der Waals surface area contributed by atoms with Gasteiger partial charge in [-0.2, -0.15) is 0 Å². The summed E-state index contributed by atoms with van der Waals surface area (Å²) < 4.78 is 5.86. The minimum absolute atomic E-state index is 0.320. The fourth-order valence-electron chi connectivity index (χ4n) is 2.34. The van der Waals surface area contributed by atoms with Crippen LogP contribution in [0.25, 0.3) is 11.1 Å². The number of aryl methyl sites for hydroxylation is 1. The van der Waals surface area contributed by atoms with Crippen LogP contribution >= 0.6 is 0 Å². The Labute approximate surface area is 130 Å². The van der Waals surface area contributed by atoms with Gasteiger partial charge in [-0.3, -0.25) is 0 Å². The van der Waals surface area contributed by atoms with Crippen molar-refractivity contribution in [3.8, 4) is 22.6 Å². The van der Waals surface area contributed by atoms with Crippen molar-refractivity contribution >= 4 is 0 Å². The predicted octanol–water partition coefficient (Wildman–Crippen LogP) is 4.95. The van der Waals surface area contributed by atoms with E-state index in [4.69, 9.17) is 4.74 Å². The van der Waals surface area contributed by atoms with E-state index >= 15 is 0 Å². The van der Waals surface area contributed by atoms with Crippen LogP contribution in [0.1, 0.15) is 11.1 Å². The molecule has 1 N–H and O–H groups in total. The van der Waals surface area contributed by atoms with Gasteiger partial charge in [-0.15, -0.1) is 0 Å². The second kappa shape index (κ2) is 6.35. The average Bonchev–Trinajstić information content (AvgIpc) is 2.57. The van der Waals surface area contributed by atoms with E-state index < -0.39 is 0 Å². The summed E-state index contributed by atoms with van der Waals surface area (Å²) in [5.41, 5.74) is 4.16. The summed E-state index contributed by atoms with van der Waals surface area (Å²) in [5.74, 6) is 1.16. The van der Waals surface area contributed by atoms with Crippen molar-refractivity contribution in [3.05, 3.63) is 83.9 Å². The Hall–Kier alpha value is -2.74. The van der Waals surface area contributed by atoms with E-state index in [2.05, 4.69) is 0 Å². The van der Waals surface area contributed by atoms with Crippen molar-refractivity contribution in [3.63, 3.8) is 0 Å².